The Morgan fingerprint density at radius 1 is 1.27 bits per heavy atom. The average molecular weight is 430 g/mol. The number of nitrogen functional groups attached to an aromatic ring is 1. The molecule has 1 saturated heterocycles. The molecule has 0 atom stereocenters. The van der Waals surface area contributed by atoms with Gasteiger partial charge in [-0.15, -0.1) is 11.3 Å². The second-order valence-corrected chi connectivity index (χ2v) is 7.90. The Morgan fingerprint density at radius 3 is 2.77 bits per heavy atom. The summed E-state index contributed by atoms with van der Waals surface area (Å²) in [5.74, 6) is 1.46. The van der Waals surface area contributed by atoms with Crippen LogP contribution in [0.3, 0.4) is 0 Å². The van der Waals surface area contributed by atoms with Crippen LogP contribution in [-0.2, 0) is 9.53 Å². The number of aromatic nitrogens is 4. The number of aliphatic hydroxyl groups excluding tert-OH is 1. The number of nitrogens with one attached hydrogen (secondary N) is 1. The zero-order valence-electron chi connectivity index (χ0n) is 16.4. The lowest BCUT2D eigenvalue weighted by Crippen LogP contribution is -2.36. The molecular weight excluding hydrogens is 406 g/mol. The van der Waals surface area contributed by atoms with Crippen molar-refractivity contribution in [3.8, 4) is 11.4 Å². The summed E-state index contributed by atoms with van der Waals surface area (Å²) in [4.78, 5) is 31.1. The van der Waals surface area contributed by atoms with Crippen LogP contribution in [0.15, 0.2) is 18.5 Å². The first-order valence-electron chi connectivity index (χ1n) is 9.72. The molecule has 0 unspecified atom stereocenters. The Kier molecular flexibility index (Phi) is 6.31. The van der Waals surface area contributed by atoms with Gasteiger partial charge in [-0.3, -0.25) is 4.79 Å². The van der Waals surface area contributed by atoms with Crippen LogP contribution in [0.25, 0.3) is 21.6 Å². The van der Waals surface area contributed by atoms with Crippen LogP contribution in [0.5, 0.6) is 0 Å². The fourth-order valence-electron chi connectivity index (χ4n) is 3.15. The number of rotatable bonds is 8. The number of hydrogen-bond acceptors (Lipinski definition) is 11. The van der Waals surface area contributed by atoms with E-state index < -0.39 is 6.61 Å². The van der Waals surface area contributed by atoms with Crippen molar-refractivity contribution in [3.63, 3.8) is 0 Å². The summed E-state index contributed by atoms with van der Waals surface area (Å²) < 4.78 is 6.48. The van der Waals surface area contributed by atoms with Crippen LogP contribution in [0, 0.1) is 0 Å². The maximum absolute atomic E-state index is 11.2. The predicted molar refractivity (Wildman–Crippen MR) is 116 cm³/mol. The number of fused-ring (bicyclic) bond motifs is 1. The third-order valence-corrected chi connectivity index (χ3v) is 5.78. The molecule has 0 bridgehead atoms. The maximum Gasteiger partial charge on any atom is 0.219 e. The Bertz CT molecular complexity index is 1020. The minimum absolute atomic E-state index is 0.149. The molecule has 30 heavy (non-hydrogen) atoms. The normalized spacial score (nSPS) is 14.2. The minimum Gasteiger partial charge on any atom is -0.389 e. The smallest absolute Gasteiger partial charge is 0.219 e. The number of morpholine rings is 1. The molecule has 0 aliphatic carbocycles. The molecule has 158 valence electrons. The van der Waals surface area contributed by atoms with Gasteiger partial charge >= 0.3 is 0 Å². The van der Waals surface area contributed by atoms with Gasteiger partial charge < -0.3 is 25.8 Å². The van der Waals surface area contributed by atoms with Crippen LogP contribution in [0.4, 0.5) is 16.8 Å². The maximum atomic E-state index is 11.2. The highest BCUT2D eigenvalue weighted by Gasteiger charge is 2.20. The summed E-state index contributed by atoms with van der Waals surface area (Å²) in [6.07, 6.45) is 4.25. The van der Waals surface area contributed by atoms with Crippen LogP contribution in [-0.4, -0.2) is 70.3 Å². The molecule has 11 heteroatoms. The zero-order valence-corrected chi connectivity index (χ0v) is 17.2. The van der Waals surface area contributed by atoms with E-state index in [-0.39, 0.29) is 11.7 Å². The number of carbonyl (C=O) groups is 1. The van der Waals surface area contributed by atoms with Crippen molar-refractivity contribution < 1.29 is 14.6 Å². The van der Waals surface area contributed by atoms with Crippen molar-refractivity contribution in [3.05, 3.63) is 18.5 Å². The summed E-state index contributed by atoms with van der Waals surface area (Å²) in [6.45, 7) is 3.06. The molecular formula is C19H23N7O3S. The first-order valence-corrected chi connectivity index (χ1v) is 10.5. The van der Waals surface area contributed by atoms with Crippen LogP contribution in [0.2, 0.25) is 0 Å². The first kappa shape index (κ1) is 20.4. The number of carbonyl (C=O) groups excluding carboxylic acids is 1. The second kappa shape index (κ2) is 9.28. The van der Waals surface area contributed by atoms with E-state index in [0.717, 1.165) is 34.1 Å². The standard InChI is InChI=1S/C19H23N7O3S/c20-19-22-9-12(10-23-19)17-24-14-8-15(21-3-1-2-13(28)11-27)30-16(14)18(25-17)26-4-6-29-7-5-26/h8-10,21,27H,1-7,11H2,(H2,20,22,23). The van der Waals surface area contributed by atoms with Crippen molar-refractivity contribution >= 4 is 44.1 Å². The molecule has 4 heterocycles. The zero-order chi connectivity index (χ0) is 20.9. The van der Waals surface area contributed by atoms with Crippen molar-refractivity contribution in [2.24, 2.45) is 0 Å². The number of thiophene rings is 1. The Morgan fingerprint density at radius 2 is 2.03 bits per heavy atom. The van der Waals surface area contributed by atoms with E-state index >= 15 is 0 Å². The highest BCUT2D eigenvalue weighted by molar-refractivity contribution is 7.23. The number of Topliss-reactive ketones (excluding diaryl/α,β-unsaturated/α-hetero) is 1. The monoisotopic (exact) mass is 429 g/mol. The molecule has 0 amide bonds. The third-order valence-electron chi connectivity index (χ3n) is 4.70. The lowest BCUT2D eigenvalue weighted by molar-refractivity contribution is -0.121. The molecule has 10 nitrogen and oxygen atoms in total. The number of ether oxygens (including phenoxy) is 1. The quantitative estimate of drug-likeness (QED) is 0.449. The Labute approximate surface area is 177 Å². The van der Waals surface area contributed by atoms with E-state index in [4.69, 9.17) is 25.5 Å². The lowest BCUT2D eigenvalue weighted by atomic mass is 10.2. The van der Waals surface area contributed by atoms with Crippen molar-refractivity contribution in [1.29, 1.82) is 0 Å². The topological polar surface area (TPSA) is 139 Å². The molecule has 3 aromatic rings. The summed E-state index contributed by atoms with van der Waals surface area (Å²) >= 11 is 1.58. The van der Waals surface area contributed by atoms with E-state index in [1.807, 2.05) is 6.07 Å². The summed E-state index contributed by atoms with van der Waals surface area (Å²) in [7, 11) is 0. The molecule has 0 radical (unpaired) electrons. The van der Waals surface area contributed by atoms with Gasteiger partial charge in [-0.05, 0) is 12.5 Å². The van der Waals surface area contributed by atoms with Gasteiger partial charge in [-0.2, -0.15) is 0 Å². The summed E-state index contributed by atoms with van der Waals surface area (Å²) in [6, 6.07) is 1.99. The fourth-order valence-corrected chi connectivity index (χ4v) is 4.19. The summed E-state index contributed by atoms with van der Waals surface area (Å²) in [5.41, 5.74) is 7.13. The fraction of sp³-hybridized carbons (Fsp3) is 0.421. The van der Waals surface area contributed by atoms with Crippen molar-refractivity contribution in [1.82, 2.24) is 19.9 Å². The Hall–Kier alpha value is -2.89. The van der Waals surface area contributed by atoms with E-state index in [9.17, 15) is 4.79 Å². The number of anilines is 3. The van der Waals surface area contributed by atoms with Gasteiger partial charge in [0.05, 0.1) is 34.0 Å². The minimum atomic E-state index is -0.404. The third kappa shape index (κ3) is 4.64. The first-order chi connectivity index (χ1) is 14.6. The van der Waals surface area contributed by atoms with E-state index in [1.54, 1.807) is 23.7 Å². The number of aliphatic hydroxyl groups is 1. The van der Waals surface area contributed by atoms with Crippen molar-refractivity contribution in [2.45, 2.75) is 12.8 Å². The molecule has 4 rings (SSSR count). The largest absolute Gasteiger partial charge is 0.389 e. The van der Waals surface area contributed by atoms with Gasteiger partial charge in [0.2, 0.25) is 5.95 Å². The number of nitrogens with two attached hydrogens (primary N) is 1. The van der Waals surface area contributed by atoms with Gasteiger partial charge in [-0.25, -0.2) is 19.9 Å². The van der Waals surface area contributed by atoms with E-state index in [1.165, 1.54) is 0 Å². The van der Waals surface area contributed by atoms with Gasteiger partial charge in [0.1, 0.15) is 6.61 Å². The van der Waals surface area contributed by atoms with Gasteiger partial charge in [0, 0.05) is 38.4 Å². The molecule has 0 saturated carbocycles. The second-order valence-electron chi connectivity index (χ2n) is 6.85. The van der Waals surface area contributed by atoms with Crippen LogP contribution < -0.4 is 16.0 Å². The van der Waals surface area contributed by atoms with Crippen molar-refractivity contribution in [2.75, 3.05) is 55.4 Å². The van der Waals surface area contributed by atoms with E-state index in [0.29, 0.717) is 44.0 Å². The SMILES string of the molecule is Nc1ncc(-c2nc(N3CCOCC3)c3sc(NCCCC(=O)CO)cc3n2)cn1. The highest BCUT2D eigenvalue weighted by atomic mass is 32.1. The number of ketones is 1. The average Bonchev–Trinajstić information content (AvgIpc) is 3.20. The molecule has 1 fully saturated rings. The molecule has 3 aromatic heterocycles. The molecule has 0 aromatic carbocycles. The van der Waals surface area contributed by atoms with E-state index in [2.05, 4.69) is 20.2 Å². The van der Waals surface area contributed by atoms with Gasteiger partial charge in [-0.1, -0.05) is 0 Å². The number of nitrogens with zero attached hydrogens (tertiary/aromatic N) is 5. The Balaban J connectivity index is 1.63. The highest BCUT2D eigenvalue weighted by Crippen LogP contribution is 2.36. The molecule has 1 aliphatic rings. The van der Waals surface area contributed by atoms with Gasteiger partial charge in [0.15, 0.2) is 17.4 Å². The predicted octanol–water partition coefficient (Wildman–Crippen LogP) is 1.32. The molecule has 4 N–H and O–H groups in total. The van der Waals surface area contributed by atoms with Gasteiger partial charge in [0.25, 0.3) is 0 Å². The van der Waals surface area contributed by atoms with Crippen LogP contribution in [0.1, 0.15) is 12.8 Å². The lowest BCUT2D eigenvalue weighted by Gasteiger charge is -2.28. The number of hydrogen-bond donors (Lipinski definition) is 3. The molecule has 1 aliphatic heterocycles. The molecule has 0 spiro atoms. The van der Waals surface area contributed by atoms with Crippen LogP contribution >= 0.6 is 11.3 Å². The summed E-state index contributed by atoms with van der Waals surface area (Å²) in [5, 5.41) is 13.1.